The minimum Gasteiger partial charge on any atom is -0.281 e. The first-order chi connectivity index (χ1) is 11.5. The van der Waals surface area contributed by atoms with Gasteiger partial charge in [0.15, 0.2) is 0 Å². The van der Waals surface area contributed by atoms with E-state index < -0.39 is 0 Å². The zero-order chi connectivity index (χ0) is 16.8. The molecule has 4 rings (SSSR count). The van der Waals surface area contributed by atoms with Crippen molar-refractivity contribution in [2.45, 2.75) is 0 Å². The molecule has 0 bridgehead atoms. The third kappa shape index (κ3) is 2.28. The summed E-state index contributed by atoms with van der Waals surface area (Å²) in [6.45, 7) is 0. The second kappa shape index (κ2) is 5.43. The van der Waals surface area contributed by atoms with Crippen LogP contribution in [0.3, 0.4) is 0 Å². The number of urea groups is 1. The van der Waals surface area contributed by atoms with E-state index in [4.69, 9.17) is 23.2 Å². The number of hydrogen-bond donors (Lipinski definition) is 2. The second-order valence-corrected chi connectivity index (χ2v) is 6.08. The molecule has 0 aliphatic carbocycles. The van der Waals surface area contributed by atoms with Crippen LogP contribution < -0.4 is 20.7 Å². The van der Waals surface area contributed by atoms with Gasteiger partial charge in [0.1, 0.15) is 5.82 Å². The molecule has 8 heteroatoms. The number of carbonyl (C=O) groups excluding carboxylic acids is 2. The number of benzene rings is 2. The van der Waals surface area contributed by atoms with Gasteiger partial charge in [-0.05, 0) is 36.4 Å². The Morgan fingerprint density at radius 3 is 2.42 bits per heavy atom. The molecular formula is C16H10Cl2N4O2. The average molecular weight is 361 g/mol. The average Bonchev–Trinajstić information content (AvgIpc) is 2.83. The number of anilines is 3. The Bertz CT molecular complexity index is 913. The van der Waals surface area contributed by atoms with E-state index in [1.165, 1.54) is 15.9 Å². The van der Waals surface area contributed by atoms with Crippen LogP contribution in [0, 0.1) is 0 Å². The second-order valence-electron chi connectivity index (χ2n) is 5.21. The Morgan fingerprint density at radius 1 is 0.833 bits per heavy atom. The lowest BCUT2D eigenvalue weighted by atomic mass is 10.2. The van der Waals surface area contributed by atoms with Crippen molar-refractivity contribution in [1.29, 1.82) is 0 Å². The van der Waals surface area contributed by atoms with Crippen LogP contribution in [0.2, 0.25) is 10.0 Å². The number of rotatable bonds is 1. The lowest BCUT2D eigenvalue weighted by Gasteiger charge is -2.24. The number of nitrogens with zero attached hydrogens (tertiary/aromatic N) is 2. The zero-order valence-corrected chi connectivity index (χ0v) is 13.6. The molecule has 2 aromatic carbocycles. The van der Waals surface area contributed by atoms with Gasteiger partial charge in [-0.3, -0.25) is 15.1 Å². The van der Waals surface area contributed by atoms with Gasteiger partial charge in [-0.1, -0.05) is 29.3 Å². The van der Waals surface area contributed by atoms with Crippen molar-refractivity contribution >= 4 is 52.2 Å². The zero-order valence-electron chi connectivity index (χ0n) is 12.1. The predicted octanol–water partition coefficient (Wildman–Crippen LogP) is 3.55. The summed E-state index contributed by atoms with van der Waals surface area (Å²) in [5, 5.41) is 0.946. The molecule has 2 N–H and O–H groups in total. The van der Waals surface area contributed by atoms with E-state index in [9.17, 15) is 9.59 Å². The largest absolute Gasteiger partial charge is 0.346 e. The van der Waals surface area contributed by atoms with Gasteiger partial charge < -0.3 is 0 Å². The molecule has 0 spiro atoms. The summed E-state index contributed by atoms with van der Waals surface area (Å²) in [6, 6.07) is 11.5. The number of hydrazine groups is 1. The number of amides is 3. The highest BCUT2D eigenvalue weighted by Gasteiger charge is 2.35. The van der Waals surface area contributed by atoms with Gasteiger partial charge in [0.2, 0.25) is 0 Å². The van der Waals surface area contributed by atoms with Crippen LogP contribution >= 0.6 is 23.2 Å². The Balaban J connectivity index is 1.98. The lowest BCUT2D eigenvalue weighted by molar-refractivity contribution is -0.113. The van der Waals surface area contributed by atoms with Crippen LogP contribution in [-0.4, -0.2) is 11.9 Å². The SMILES string of the molecule is O=C1NNC2=CC(=O)N(c3cccc(Cl)c3)c3cc(Cl)ccc3N12. The summed E-state index contributed by atoms with van der Waals surface area (Å²) in [6.07, 6.45) is 1.34. The molecule has 120 valence electrons. The van der Waals surface area contributed by atoms with Crippen LogP contribution in [0.4, 0.5) is 21.9 Å². The van der Waals surface area contributed by atoms with E-state index >= 15 is 0 Å². The van der Waals surface area contributed by atoms with Gasteiger partial charge in [-0.15, -0.1) is 0 Å². The van der Waals surface area contributed by atoms with E-state index in [2.05, 4.69) is 10.9 Å². The summed E-state index contributed by atoms with van der Waals surface area (Å²) < 4.78 is 0. The number of halogens is 2. The van der Waals surface area contributed by atoms with Gasteiger partial charge in [-0.25, -0.2) is 15.1 Å². The van der Waals surface area contributed by atoms with Crippen molar-refractivity contribution in [3.63, 3.8) is 0 Å². The fourth-order valence-corrected chi connectivity index (χ4v) is 3.08. The highest BCUT2D eigenvalue weighted by Crippen LogP contribution is 2.41. The van der Waals surface area contributed by atoms with Crippen LogP contribution in [-0.2, 0) is 4.79 Å². The molecule has 0 aromatic heterocycles. The van der Waals surface area contributed by atoms with Gasteiger partial charge in [-0.2, -0.15) is 0 Å². The molecule has 1 fully saturated rings. The molecule has 6 nitrogen and oxygen atoms in total. The number of fused-ring (bicyclic) bond motifs is 3. The first-order valence-electron chi connectivity index (χ1n) is 7.01. The standard InChI is InChI=1S/C16H10Cl2N4O2/c17-9-2-1-3-11(6-9)21-13-7-10(18)4-5-12(13)22-14(8-15(21)23)19-20-16(22)24/h1-8,19H,(H,20,24). The lowest BCUT2D eigenvalue weighted by Crippen LogP contribution is -2.30. The fraction of sp³-hybridized carbons (Fsp3) is 0. The van der Waals surface area contributed by atoms with Gasteiger partial charge in [0, 0.05) is 16.1 Å². The van der Waals surface area contributed by atoms with Crippen molar-refractivity contribution in [3.05, 3.63) is 64.4 Å². The Kier molecular flexibility index (Phi) is 3.37. The molecule has 24 heavy (non-hydrogen) atoms. The Morgan fingerprint density at radius 2 is 1.62 bits per heavy atom. The van der Waals surface area contributed by atoms with Crippen molar-refractivity contribution < 1.29 is 9.59 Å². The smallest absolute Gasteiger partial charge is 0.281 e. The molecule has 2 aliphatic heterocycles. The van der Waals surface area contributed by atoms with E-state index in [0.29, 0.717) is 32.9 Å². The topological polar surface area (TPSA) is 64.7 Å². The van der Waals surface area contributed by atoms with Crippen LogP contribution in [0.15, 0.2) is 54.4 Å². The molecule has 2 heterocycles. The van der Waals surface area contributed by atoms with E-state index in [1.54, 1.807) is 42.5 Å². The molecular weight excluding hydrogens is 351 g/mol. The highest BCUT2D eigenvalue weighted by atomic mass is 35.5. The minimum absolute atomic E-state index is 0.331. The van der Waals surface area contributed by atoms with Crippen molar-refractivity contribution in [3.8, 4) is 0 Å². The number of nitrogens with one attached hydrogen (secondary N) is 2. The monoisotopic (exact) mass is 360 g/mol. The maximum absolute atomic E-state index is 12.8. The molecule has 0 radical (unpaired) electrons. The molecule has 2 aromatic rings. The summed E-state index contributed by atoms with van der Waals surface area (Å²) >= 11 is 12.2. The molecule has 0 atom stereocenters. The van der Waals surface area contributed by atoms with Gasteiger partial charge >= 0.3 is 6.03 Å². The maximum atomic E-state index is 12.8. The first-order valence-corrected chi connectivity index (χ1v) is 7.77. The maximum Gasteiger partial charge on any atom is 0.346 e. The predicted molar refractivity (Wildman–Crippen MR) is 92.3 cm³/mol. The van der Waals surface area contributed by atoms with Crippen LogP contribution in [0.1, 0.15) is 0 Å². The Labute approximate surface area is 147 Å². The number of carbonyl (C=O) groups is 2. The molecule has 0 saturated carbocycles. The van der Waals surface area contributed by atoms with E-state index in [1.807, 2.05) is 0 Å². The van der Waals surface area contributed by atoms with E-state index in [0.717, 1.165) is 0 Å². The third-order valence-electron chi connectivity index (χ3n) is 3.71. The minimum atomic E-state index is -0.384. The normalized spacial score (nSPS) is 16.0. The first kappa shape index (κ1) is 14.9. The van der Waals surface area contributed by atoms with E-state index in [-0.39, 0.29) is 11.9 Å². The van der Waals surface area contributed by atoms with Crippen LogP contribution in [0.5, 0.6) is 0 Å². The third-order valence-corrected chi connectivity index (χ3v) is 4.18. The van der Waals surface area contributed by atoms with Crippen molar-refractivity contribution in [1.82, 2.24) is 10.9 Å². The number of hydrogen-bond acceptors (Lipinski definition) is 3. The van der Waals surface area contributed by atoms with Gasteiger partial charge in [0.05, 0.1) is 17.1 Å². The Hall–Kier alpha value is -2.70. The summed E-state index contributed by atoms with van der Waals surface area (Å²) in [7, 11) is 0. The summed E-state index contributed by atoms with van der Waals surface area (Å²) in [4.78, 5) is 27.8. The highest BCUT2D eigenvalue weighted by molar-refractivity contribution is 6.32. The van der Waals surface area contributed by atoms with Crippen LogP contribution in [0.25, 0.3) is 0 Å². The molecule has 0 unspecified atom stereocenters. The molecule has 1 saturated heterocycles. The molecule has 3 amide bonds. The fourth-order valence-electron chi connectivity index (χ4n) is 2.73. The quantitative estimate of drug-likeness (QED) is 0.817. The van der Waals surface area contributed by atoms with Gasteiger partial charge in [0.25, 0.3) is 5.91 Å². The van der Waals surface area contributed by atoms with Crippen molar-refractivity contribution in [2.24, 2.45) is 0 Å². The van der Waals surface area contributed by atoms with Crippen molar-refractivity contribution in [2.75, 3.05) is 9.80 Å². The molecule has 2 aliphatic rings. The summed E-state index contributed by atoms with van der Waals surface area (Å²) in [5.41, 5.74) is 6.76. The summed E-state index contributed by atoms with van der Waals surface area (Å²) in [5.74, 6) is 0.0142.